The molecule has 0 fully saturated rings. The van der Waals surface area contributed by atoms with Crippen LogP contribution in [0, 0.1) is 0 Å². The van der Waals surface area contributed by atoms with Gasteiger partial charge in [-0.05, 0) is 43.7 Å². The molecule has 2 rings (SSSR count). The molecule has 72 valence electrons. The van der Waals surface area contributed by atoms with Gasteiger partial charge in [-0.1, -0.05) is 17.7 Å². The van der Waals surface area contributed by atoms with Crippen LogP contribution in [0.1, 0.15) is 19.5 Å². The Bertz CT molecular complexity index is 494. The second-order valence-electron chi connectivity index (χ2n) is 3.39. The molecule has 0 bridgehead atoms. The van der Waals surface area contributed by atoms with Gasteiger partial charge in [0.15, 0.2) is 0 Å². The summed E-state index contributed by atoms with van der Waals surface area (Å²) in [6, 6.07) is 8.00. The Labute approximate surface area is 88.4 Å². The van der Waals surface area contributed by atoms with Gasteiger partial charge in [-0.15, -0.1) is 0 Å². The highest BCUT2D eigenvalue weighted by Crippen LogP contribution is 2.23. The normalized spacial score (nSPS) is 12.4. The minimum absolute atomic E-state index is 0.779. The van der Waals surface area contributed by atoms with E-state index in [1.54, 1.807) is 0 Å². The summed E-state index contributed by atoms with van der Waals surface area (Å²) < 4.78 is 0. The van der Waals surface area contributed by atoms with Crippen molar-refractivity contribution in [2.45, 2.75) is 13.8 Å². The maximum Gasteiger partial charge on any atom is 0.0459 e. The molecular formula is C12H12ClN. The van der Waals surface area contributed by atoms with Gasteiger partial charge in [0.25, 0.3) is 0 Å². The third-order valence-electron chi connectivity index (χ3n) is 2.44. The van der Waals surface area contributed by atoms with Gasteiger partial charge in [-0.2, -0.15) is 0 Å². The number of halogens is 1. The van der Waals surface area contributed by atoms with E-state index in [0.29, 0.717) is 0 Å². The summed E-state index contributed by atoms with van der Waals surface area (Å²) in [6.45, 7) is 4.13. The van der Waals surface area contributed by atoms with Gasteiger partial charge in [-0.3, -0.25) is 0 Å². The first kappa shape index (κ1) is 9.35. The van der Waals surface area contributed by atoms with Crippen LogP contribution in [0.25, 0.3) is 16.5 Å². The molecule has 1 aromatic heterocycles. The average molecular weight is 206 g/mol. The molecule has 1 N–H and O–H groups in total. The fourth-order valence-electron chi connectivity index (χ4n) is 1.47. The maximum atomic E-state index is 5.91. The monoisotopic (exact) mass is 205 g/mol. The summed E-state index contributed by atoms with van der Waals surface area (Å²) in [5.41, 5.74) is 3.53. The zero-order chi connectivity index (χ0) is 10.1. The molecule has 0 amide bonds. The number of fused-ring (bicyclic) bond motifs is 1. The quantitative estimate of drug-likeness (QED) is 0.717. The molecule has 0 aliphatic heterocycles. The van der Waals surface area contributed by atoms with Gasteiger partial charge in [0.1, 0.15) is 0 Å². The fourth-order valence-corrected chi connectivity index (χ4v) is 1.65. The topological polar surface area (TPSA) is 15.8 Å². The molecule has 0 atom stereocenters. The Morgan fingerprint density at radius 3 is 2.86 bits per heavy atom. The number of hydrogen-bond acceptors (Lipinski definition) is 0. The van der Waals surface area contributed by atoms with Gasteiger partial charge in [-0.25, -0.2) is 0 Å². The number of rotatable bonds is 1. The highest BCUT2D eigenvalue weighted by molar-refractivity contribution is 6.31. The van der Waals surface area contributed by atoms with Gasteiger partial charge >= 0.3 is 0 Å². The lowest BCUT2D eigenvalue weighted by atomic mass is 10.2. The van der Waals surface area contributed by atoms with Gasteiger partial charge in [0.05, 0.1) is 0 Å². The lowest BCUT2D eigenvalue weighted by Crippen LogP contribution is -1.75. The second-order valence-corrected chi connectivity index (χ2v) is 3.82. The first-order valence-corrected chi connectivity index (χ1v) is 5.00. The van der Waals surface area contributed by atoms with E-state index in [9.17, 15) is 0 Å². The summed E-state index contributed by atoms with van der Waals surface area (Å²) in [6.07, 6.45) is 2.09. The summed E-state index contributed by atoms with van der Waals surface area (Å²) in [5, 5.41) is 1.94. The standard InChI is InChI=1S/C12H12ClN/c1-3-8(2)12-7-9-6-10(13)4-5-11(9)14-12/h3-7,14H,1-2H3. The minimum Gasteiger partial charge on any atom is -0.355 e. The van der Waals surface area contributed by atoms with Gasteiger partial charge in [0, 0.05) is 21.6 Å². The van der Waals surface area contributed by atoms with E-state index in [1.165, 1.54) is 5.57 Å². The number of hydrogen-bond donors (Lipinski definition) is 1. The second kappa shape index (κ2) is 3.50. The lowest BCUT2D eigenvalue weighted by molar-refractivity contribution is 1.38. The van der Waals surface area contributed by atoms with Crippen LogP contribution in [0.4, 0.5) is 0 Å². The van der Waals surface area contributed by atoms with Crippen molar-refractivity contribution in [2.24, 2.45) is 0 Å². The molecule has 0 saturated carbocycles. The highest BCUT2D eigenvalue weighted by Gasteiger charge is 2.01. The van der Waals surface area contributed by atoms with Crippen LogP contribution in [0.5, 0.6) is 0 Å². The average Bonchev–Trinajstić information content (AvgIpc) is 2.59. The van der Waals surface area contributed by atoms with Crippen molar-refractivity contribution in [1.82, 2.24) is 4.98 Å². The fraction of sp³-hybridized carbons (Fsp3) is 0.167. The van der Waals surface area contributed by atoms with Crippen LogP contribution < -0.4 is 0 Å². The van der Waals surface area contributed by atoms with Crippen LogP contribution >= 0.6 is 11.6 Å². The summed E-state index contributed by atoms with van der Waals surface area (Å²) in [4.78, 5) is 3.35. The predicted octanol–water partition coefficient (Wildman–Crippen LogP) is 4.24. The summed E-state index contributed by atoms with van der Waals surface area (Å²) in [5.74, 6) is 0. The number of aromatic nitrogens is 1. The zero-order valence-electron chi connectivity index (χ0n) is 8.26. The van der Waals surface area contributed by atoms with Crippen molar-refractivity contribution in [3.05, 3.63) is 41.1 Å². The first-order chi connectivity index (χ1) is 6.70. The molecule has 0 aliphatic carbocycles. The molecule has 0 radical (unpaired) electrons. The minimum atomic E-state index is 0.779. The number of aromatic amines is 1. The summed E-state index contributed by atoms with van der Waals surface area (Å²) in [7, 11) is 0. The third kappa shape index (κ3) is 1.55. The molecular weight excluding hydrogens is 194 g/mol. The molecule has 1 nitrogen and oxygen atoms in total. The number of H-pyrrole nitrogens is 1. The zero-order valence-corrected chi connectivity index (χ0v) is 9.02. The number of benzene rings is 1. The van der Waals surface area contributed by atoms with E-state index >= 15 is 0 Å². The molecule has 0 aliphatic rings. The first-order valence-electron chi connectivity index (χ1n) is 4.62. The molecule has 1 heterocycles. The van der Waals surface area contributed by atoms with Gasteiger partial charge in [0.2, 0.25) is 0 Å². The van der Waals surface area contributed by atoms with Crippen molar-refractivity contribution in [3.63, 3.8) is 0 Å². The Balaban J connectivity index is 2.62. The van der Waals surface area contributed by atoms with Crippen molar-refractivity contribution in [3.8, 4) is 0 Å². The Morgan fingerprint density at radius 1 is 1.36 bits per heavy atom. The Morgan fingerprint density at radius 2 is 2.14 bits per heavy atom. The van der Waals surface area contributed by atoms with E-state index in [0.717, 1.165) is 21.6 Å². The molecule has 14 heavy (non-hydrogen) atoms. The molecule has 1 aromatic carbocycles. The van der Waals surface area contributed by atoms with Crippen LogP contribution in [0.15, 0.2) is 30.3 Å². The Kier molecular flexibility index (Phi) is 2.34. The van der Waals surface area contributed by atoms with Crippen molar-refractivity contribution < 1.29 is 0 Å². The van der Waals surface area contributed by atoms with E-state index in [1.807, 2.05) is 25.1 Å². The molecule has 2 heteroatoms. The van der Waals surface area contributed by atoms with Crippen LogP contribution in [0.3, 0.4) is 0 Å². The third-order valence-corrected chi connectivity index (χ3v) is 2.68. The van der Waals surface area contributed by atoms with Crippen molar-refractivity contribution in [1.29, 1.82) is 0 Å². The lowest BCUT2D eigenvalue weighted by Gasteiger charge is -1.92. The Hall–Kier alpha value is -1.21. The molecule has 0 saturated heterocycles. The number of allylic oxidation sites excluding steroid dienone is 2. The molecule has 2 aromatic rings. The summed E-state index contributed by atoms with van der Waals surface area (Å²) >= 11 is 5.91. The van der Waals surface area contributed by atoms with Crippen LogP contribution in [0.2, 0.25) is 5.02 Å². The smallest absolute Gasteiger partial charge is 0.0459 e. The van der Waals surface area contributed by atoms with E-state index < -0.39 is 0 Å². The largest absolute Gasteiger partial charge is 0.355 e. The van der Waals surface area contributed by atoms with Crippen molar-refractivity contribution in [2.75, 3.05) is 0 Å². The van der Waals surface area contributed by atoms with E-state index in [4.69, 9.17) is 11.6 Å². The highest BCUT2D eigenvalue weighted by atomic mass is 35.5. The van der Waals surface area contributed by atoms with E-state index in [-0.39, 0.29) is 0 Å². The maximum absolute atomic E-state index is 5.91. The van der Waals surface area contributed by atoms with Gasteiger partial charge < -0.3 is 4.98 Å². The number of nitrogens with one attached hydrogen (secondary N) is 1. The van der Waals surface area contributed by atoms with Crippen LogP contribution in [-0.2, 0) is 0 Å². The molecule has 0 spiro atoms. The van der Waals surface area contributed by atoms with Crippen molar-refractivity contribution >= 4 is 28.1 Å². The van der Waals surface area contributed by atoms with Crippen LogP contribution in [-0.4, -0.2) is 4.98 Å². The SMILES string of the molecule is CC=C(C)c1cc2cc(Cl)ccc2[nH]1. The predicted molar refractivity (Wildman–Crippen MR) is 62.6 cm³/mol. The molecule has 0 unspecified atom stereocenters. The van der Waals surface area contributed by atoms with E-state index in [2.05, 4.69) is 24.1 Å².